The van der Waals surface area contributed by atoms with Crippen molar-refractivity contribution in [2.75, 3.05) is 10.6 Å². The van der Waals surface area contributed by atoms with Crippen LogP contribution < -0.4 is 25.8 Å². The lowest BCUT2D eigenvalue weighted by molar-refractivity contribution is -0.315. The van der Waals surface area contributed by atoms with Gasteiger partial charge < -0.3 is 25.3 Å². The van der Waals surface area contributed by atoms with Crippen molar-refractivity contribution in [2.24, 2.45) is 5.92 Å². The van der Waals surface area contributed by atoms with Crippen LogP contribution in [0.1, 0.15) is 66.1 Å². The van der Waals surface area contributed by atoms with Crippen LogP contribution in [0, 0.1) is 26.7 Å². The van der Waals surface area contributed by atoms with Gasteiger partial charge in [-0.3, -0.25) is 10.1 Å². The van der Waals surface area contributed by atoms with E-state index in [1.807, 2.05) is 32.9 Å². The molecule has 0 unspecified atom stereocenters. The molecule has 3 N–H and O–H groups in total. The maximum Gasteiger partial charge on any atom is 0.573 e. The van der Waals surface area contributed by atoms with E-state index in [4.69, 9.17) is 0 Å². The average Bonchev–Trinajstić information content (AvgIpc) is 3.34. The largest absolute Gasteiger partial charge is 0.573 e. The third-order valence-electron chi connectivity index (χ3n) is 7.71. The van der Waals surface area contributed by atoms with Crippen LogP contribution in [0.4, 0.5) is 28.7 Å². The Morgan fingerprint density at radius 1 is 0.930 bits per heavy atom. The molecule has 4 rings (SSSR count). The normalized spacial score (nSPS) is 15.3. The Hall–Kier alpha value is -4.06. The highest BCUT2D eigenvalue weighted by Gasteiger charge is 2.39. The third-order valence-corrected chi connectivity index (χ3v) is 8.81. The number of carboxylic acids is 1. The Balaban J connectivity index is 1.66. The van der Waals surface area contributed by atoms with Crippen molar-refractivity contribution < 1.29 is 37.4 Å². The van der Waals surface area contributed by atoms with Gasteiger partial charge in [0, 0.05) is 10.6 Å². The Bertz CT molecular complexity index is 1490. The Morgan fingerprint density at radius 3 is 2.09 bits per heavy atom. The molecule has 0 aliphatic heterocycles. The molecular formula is C31H33F3N3O5S-. The van der Waals surface area contributed by atoms with Gasteiger partial charge in [-0.2, -0.15) is 0 Å². The van der Waals surface area contributed by atoms with Crippen LogP contribution in [0.5, 0.6) is 5.75 Å². The molecule has 3 aromatic rings. The first-order valence-corrected chi connectivity index (χ1v) is 14.7. The molecular weight excluding hydrogens is 583 g/mol. The van der Waals surface area contributed by atoms with E-state index in [-0.39, 0.29) is 16.5 Å². The number of carbonyl (C=O) groups is 3. The van der Waals surface area contributed by atoms with Gasteiger partial charge in [0.15, 0.2) is 0 Å². The second-order valence-corrected chi connectivity index (χ2v) is 12.1. The van der Waals surface area contributed by atoms with Gasteiger partial charge in [0.05, 0.1) is 17.1 Å². The highest BCUT2D eigenvalue weighted by molar-refractivity contribution is 7.20. The molecule has 0 spiro atoms. The molecule has 1 aromatic heterocycles. The number of amides is 3. The van der Waals surface area contributed by atoms with E-state index in [0.717, 1.165) is 59.4 Å². The summed E-state index contributed by atoms with van der Waals surface area (Å²) < 4.78 is 41.8. The van der Waals surface area contributed by atoms with Gasteiger partial charge in [0.1, 0.15) is 10.8 Å². The minimum atomic E-state index is -4.85. The molecule has 0 bridgehead atoms. The first-order chi connectivity index (χ1) is 20.2. The Morgan fingerprint density at radius 2 is 1.53 bits per heavy atom. The van der Waals surface area contributed by atoms with Crippen molar-refractivity contribution in [2.45, 2.75) is 71.7 Å². The van der Waals surface area contributed by atoms with Gasteiger partial charge in [-0.05, 0) is 93.5 Å². The lowest BCUT2D eigenvalue weighted by Crippen LogP contribution is -2.62. The molecule has 2 aromatic carbocycles. The fourth-order valence-electron chi connectivity index (χ4n) is 5.54. The molecule has 12 heteroatoms. The number of benzene rings is 2. The highest BCUT2D eigenvalue weighted by atomic mass is 32.1. The molecule has 1 atom stereocenters. The molecule has 1 heterocycles. The predicted molar refractivity (Wildman–Crippen MR) is 157 cm³/mol. The smallest absolute Gasteiger partial charge is 0.548 e. The average molecular weight is 617 g/mol. The zero-order chi connectivity index (χ0) is 31.5. The van der Waals surface area contributed by atoms with Crippen LogP contribution in [0.25, 0.3) is 10.4 Å². The minimum absolute atomic E-state index is 0.00593. The van der Waals surface area contributed by atoms with Crippen LogP contribution in [-0.4, -0.2) is 29.8 Å². The van der Waals surface area contributed by atoms with E-state index in [1.165, 1.54) is 25.1 Å². The summed E-state index contributed by atoms with van der Waals surface area (Å²) in [6.07, 6.45) is -0.949. The molecule has 0 saturated heterocycles. The Kier molecular flexibility index (Phi) is 9.38. The highest BCUT2D eigenvalue weighted by Crippen LogP contribution is 2.38. The van der Waals surface area contributed by atoms with Crippen molar-refractivity contribution in [3.63, 3.8) is 0 Å². The van der Waals surface area contributed by atoms with E-state index >= 15 is 0 Å². The zero-order valence-electron chi connectivity index (χ0n) is 24.2. The number of carbonyl (C=O) groups excluding carboxylic acids is 3. The summed E-state index contributed by atoms with van der Waals surface area (Å²) in [4.78, 5) is 39.5. The molecule has 0 radical (unpaired) electrons. The summed E-state index contributed by atoms with van der Waals surface area (Å²) in [6.45, 7) is 7.09. The van der Waals surface area contributed by atoms with Crippen molar-refractivity contribution >= 4 is 39.9 Å². The SMILES string of the molecule is Cc1cc(C)c(NC(=O)Nc2sc(-c3ccc(OC(F)(F)F)cc3)cc2C(=O)N[C@](C)(C(=O)[O-])C2CCCCC2)c(C)c1. The molecule has 230 valence electrons. The first-order valence-electron chi connectivity index (χ1n) is 13.9. The van der Waals surface area contributed by atoms with Gasteiger partial charge in [0.25, 0.3) is 5.91 Å². The van der Waals surface area contributed by atoms with Gasteiger partial charge in [-0.15, -0.1) is 24.5 Å². The van der Waals surface area contributed by atoms with Crippen LogP contribution in [0.15, 0.2) is 42.5 Å². The number of hydrogen-bond donors (Lipinski definition) is 3. The summed E-state index contributed by atoms with van der Waals surface area (Å²) in [5, 5.41) is 20.6. The van der Waals surface area contributed by atoms with Gasteiger partial charge in [-0.25, -0.2) is 4.79 Å². The number of rotatable bonds is 8. The molecule has 8 nitrogen and oxygen atoms in total. The number of anilines is 2. The minimum Gasteiger partial charge on any atom is -0.548 e. The number of aryl methyl sites for hydroxylation is 3. The number of alkyl halides is 3. The van der Waals surface area contributed by atoms with E-state index in [1.54, 1.807) is 0 Å². The monoisotopic (exact) mass is 616 g/mol. The standard InChI is InChI=1S/C31H34F3N3O5S/c1-17-14-18(2)25(19(3)15-17)35-29(41)36-27-23(26(38)37-30(4,28(39)40)21-8-6-5-7-9-21)16-24(43-27)20-10-12-22(13-11-20)42-31(32,33)34/h10-16,21H,5-9H2,1-4H3,(H,37,38)(H,39,40)(H2,35,36,41)/p-1/t30-/m0/s1. The second kappa shape index (κ2) is 12.7. The summed E-state index contributed by atoms with van der Waals surface area (Å²) in [5.41, 5.74) is 2.14. The fraction of sp³-hybridized carbons (Fsp3) is 0.387. The maximum absolute atomic E-state index is 13.7. The number of nitrogens with one attached hydrogen (secondary N) is 3. The van der Waals surface area contributed by atoms with Crippen LogP contribution >= 0.6 is 11.3 Å². The zero-order valence-corrected chi connectivity index (χ0v) is 25.1. The number of ether oxygens (including phenoxy) is 1. The van der Waals surface area contributed by atoms with Gasteiger partial charge >= 0.3 is 12.4 Å². The second-order valence-electron chi connectivity index (χ2n) is 11.1. The summed E-state index contributed by atoms with van der Waals surface area (Å²) >= 11 is 1.02. The van der Waals surface area contributed by atoms with Crippen LogP contribution in [0.3, 0.4) is 0 Å². The quantitative estimate of drug-likeness (QED) is 0.260. The molecule has 1 aliphatic carbocycles. The fourth-order valence-corrected chi connectivity index (χ4v) is 6.60. The van der Waals surface area contributed by atoms with Crippen molar-refractivity contribution in [3.05, 3.63) is 64.7 Å². The van der Waals surface area contributed by atoms with Gasteiger partial charge in [-0.1, -0.05) is 37.0 Å². The van der Waals surface area contributed by atoms with E-state index in [2.05, 4.69) is 20.7 Å². The molecule has 3 amide bonds. The van der Waals surface area contributed by atoms with E-state index in [9.17, 15) is 32.7 Å². The molecule has 43 heavy (non-hydrogen) atoms. The van der Waals surface area contributed by atoms with E-state index < -0.39 is 35.6 Å². The number of carboxylic acid groups (broad SMARTS) is 1. The lowest BCUT2D eigenvalue weighted by atomic mass is 9.75. The summed E-state index contributed by atoms with van der Waals surface area (Å²) in [6, 6.07) is 9.75. The van der Waals surface area contributed by atoms with Gasteiger partial charge in [0.2, 0.25) is 0 Å². The first kappa shape index (κ1) is 31.9. The lowest BCUT2D eigenvalue weighted by Gasteiger charge is -2.41. The summed E-state index contributed by atoms with van der Waals surface area (Å²) in [7, 11) is 0. The van der Waals surface area contributed by atoms with Crippen molar-refractivity contribution in [1.82, 2.24) is 5.32 Å². The van der Waals surface area contributed by atoms with Crippen LogP contribution in [0.2, 0.25) is 0 Å². The predicted octanol–water partition coefficient (Wildman–Crippen LogP) is 6.70. The Labute approximate surface area is 251 Å². The number of aliphatic carboxylic acids is 1. The molecule has 1 fully saturated rings. The van der Waals surface area contributed by atoms with E-state index in [0.29, 0.717) is 29.0 Å². The van der Waals surface area contributed by atoms with Crippen molar-refractivity contribution in [1.29, 1.82) is 0 Å². The summed E-state index contributed by atoms with van der Waals surface area (Å²) in [5.74, 6) is -2.87. The topological polar surface area (TPSA) is 120 Å². The van der Waals surface area contributed by atoms with Crippen molar-refractivity contribution in [3.8, 4) is 16.2 Å². The number of halogens is 3. The third kappa shape index (κ3) is 7.67. The number of urea groups is 1. The molecule has 1 aliphatic rings. The number of thiophene rings is 1. The maximum atomic E-state index is 13.7. The molecule has 1 saturated carbocycles. The van der Waals surface area contributed by atoms with Crippen LogP contribution in [-0.2, 0) is 4.79 Å². The number of hydrogen-bond acceptors (Lipinski definition) is 6.